The van der Waals surface area contributed by atoms with E-state index in [1.54, 1.807) is 0 Å². The fourth-order valence-corrected chi connectivity index (χ4v) is 4.52. The second kappa shape index (κ2) is 5.13. The van der Waals surface area contributed by atoms with Crippen molar-refractivity contribution in [3.63, 3.8) is 0 Å². The van der Waals surface area contributed by atoms with Gasteiger partial charge in [-0.15, -0.1) is 0 Å². The van der Waals surface area contributed by atoms with Crippen molar-refractivity contribution < 1.29 is 0 Å². The van der Waals surface area contributed by atoms with Crippen LogP contribution in [-0.2, 0) is 0 Å². The highest BCUT2D eigenvalue weighted by Crippen LogP contribution is 2.55. The Bertz CT molecular complexity index is 261. The first-order valence-electron chi connectivity index (χ1n) is 8.26. The van der Waals surface area contributed by atoms with E-state index in [4.69, 9.17) is 5.73 Å². The zero-order valence-electron chi connectivity index (χ0n) is 12.0. The first kappa shape index (κ1) is 12.9. The summed E-state index contributed by atoms with van der Waals surface area (Å²) in [4.78, 5) is 2.83. The number of nitrogens with two attached hydrogens (primary N) is 1. The average molecular weight is 250 g/mol. The minimum Gasteiger partial charge on any atom is -0.329 e. The fourth-order valence-electron chi connectivity index (χ4n) is 4.52. The van der Waals surface area contributed by atoms with Gasteiger partial charge in [-0.05, 0) is 69.4 Å². The highest BCUT2D eigenvalue weighted by atomic mass is 15.2. The molecule has 1 saturated heterocycles. The van der Waals surface area contributed by atoms with Gasteiger partial charge in [-0.25, -0.2) is 0 Å². The van der Waals surface area contributed by atoms with Gasteiger partial charge in [0, 0.05) is 12.1 Å². The fraction of sp³-hybridized carbons (Fsp3) is 1.00. The SMILES string of the molecule is CCCC1CCN(C(CN)(C2CC2)C2CC2)CC1. The lowest BCUT2D eigenvalue weighted by Gasteiger charge is -2.48. The van der Waals surface area contributed by atoms with E-state index in [0.29, 0.717) is 5.54 Å². The Kier molecular flexibility index (Phi) is 3.68. The molecule has 2 saturated carbocycles. The predicted molar refractivity (Wildman–Crippen MR) is 76.4 cm³/mol. The van der Waals surface area contributed by atoms with Crippen LogP contribution < -0.4 is 5.73 Å². The van der Waals surface area contributed by atoms with Gasteiger partial charge >= 0.3 is 0 Å². The summed E-state index contributed by atoms with van der Waals surface area (Å²) in [6, 6.07) is 0. The van der Waals surface area contributed by atoms with Crippen LogP contribution in [0.1, 0.15) is 58.3 Å². The molecule has 0 atom stereocenters. The predicted octanol–water partition coefficient (Wildman–Crippen LogP) is 3.02. The first-order valence-corrected chi connectivity index (χ1v) is 8.26. The van der Waals surface area contributed by atoms with E-state index < -0.39 is 0 Å². The number of rotatable bonds is 6. The molecular formula is C16H30N2. The molecule has 0 aromatic heterocycles. The highest BCUT2D eigenvalue weighted by Gasteiger charge is 2.56. The van der Waals surface area contributed by atoms with Crippen molar-refractivity contribution in [2.45, 2.75) is 63.8 Å². The molecule has 3 fully saturated rings. The van der Waals surface area contributed by atoms with Gasteiger partial charge in [0.1, 0.15) is 0 Å². The van der Waals surface area contributed by atoms with E-state index in [2.05, 4.69) is 11.8 Å². The van der Waals surface area contributed by atoms with E-state index in [-0.39, 0.29) is 0 Å². The van der Waals surface area contributed by atoms with Crippen molar-refractivity contribution in [3.8, 4) is 0 Å². The molecule has 0 radical (unpaired) electrons. The lowest BCUT2D eigenvalue weighted by atomic mass is 9.82. The second-order valence-electron chi connectivity index (χ2n) is 6.96. The summed E-state index contributed by atoms with van der Waals surface area (Å²) in [6.07, 6.45) is 11.4. The van der Waals surface area contributed by atoms with E-state index in [1.807, 2.05) is 0 Å². The average Bonchev–Trinajstić information content (AvgIpc) is 3.27. The first-order chi connectivity index (χ1) is 8.81. The number of nitrogens with zero attached hydrogens (tertiary/aromatic N) is 1. The van der Waals surface area contributed by atoms with E-state index >= 15 is 0 Å². The molecule has 1 heterocycles. The summed E-state index contributed by atoms with van der Waals surface area (Å²) in [5.74, 6) is 2.88. The second-order valence-corrected chi connectivity index (χ2v) is 6.96. The van der Waals surface area contributed by atoms with Gasteiger partial charge in [0.2, 0.25) is 0 Å². The van der Waals surface area contributed by atoms with Crippen molar-refractivity contribution in [1.29, 1.82) is 0 Å². The Morgan fingerprint density at radius 2 is 1.56 bits per heavy atom. The molecule has 0 aromatic rings. The largest absolute Gasteiger partial charge is 0.329 e. The van der Waals surface area contributed by atoms with Crippen LogP contribution in [0.2, 0.25) is 0 Å². The number of hydrogen-bond acceptors (Lipinski definition) is 2. The van der Waals surface area contributed by atoms with Crippen molar-refractivity contribution in [3.05, 3.63) is 0 Å². The zero-order chi connectivity index (χ0) is 12.6. The van der Waals surface area contributed by atoms with Crippen molar-refractivity contribution in [1.82, 2.24) is 4.90 Å². The topological polar surface area (TPSA) is 29.3 Å². The van der Waals surface area contributed by atoms with E-state index in [9.17, 15) is 0 Å². The van der Waals surface area contributed by atoms with Crippen LogP contribution in [-0.4, -0.2) is 30.1 Å². The third kappa shape index (κ3) is 2.22. The zero-order valence-corrected chi connectivity index (χ0v) is 12.0. The summed E-state index contributed by atoms with van der Waals surface area (Å²) in [6.45, 7) is 5.90. The highest BCUT2D eigenvalue weighted by molar-refractivity contribution is 5.11. The van der Waals surface area contributed by atoms with Gasteiger partial charge in [-0.3, -0.25) is 4.90 Å². The third-order valence-electron chi connectivity index (χ3n) is 5.80. The van der Waals surface area contributed by atoms with Crippen LogP contribution in [0.25, 0.3) is 0 Å². The van der Waals surface area contributed by atoms with Crippen LogP contribution >= 0.6 is 0 Å². The Morgan fingerprint density at radius 3 is 1.94 bits per heavy atom. The molecule has 3 aliphatic rings. The van der Waals surface area contributed by atoms with Gasteiger partial charge in [0.05, 0.1) is 0 Å². The van der Waals surface area contributed by atoms with Crippen molar-refractivity contribution in [2.75, 3.05) is 19.6 Å². The molecule has 1 aliphatic heterocycles. The smallest absolute Gasteiger partial charge is 0.0387 e. The lowest BCUT2D eigenvalue weighted by Crippen LogP contribution is -2.59. The normalized spacial score (nSPS) is 27.7. The number of piperidine rings is 1. The Labute approximate surface area is 112 Å². The van der Waals surface area contributed by atoms with Crippen LogP contribution in [0.15, 0.2) is 0 Å². The molecule has 2 heteroatoms. The Hall–Kier alpha value is -0.0800. The lowest BCUT2D eigenvalue weighted by molar-refractivity contribution is 0.0196. The quantitative estimate of drug-likeness (QED) is 0.785. The summed E-state index contributed by atoms with van der Waals surface area (Å²) in [5.41, 5.74) is 6.70. The summed E-state index contributed by atoms with van der Waals surface area (Å²) in [5, 5.41) is 0. The van der Waals surface area contributed by atoms with E-state index in [1.165, 1.54) is 64.5 Å². The summed E-state index contributed by atoms with van der Waals surface area (Å²) >= 11 is 0. The molecule has 2 aliphatic carbocycles. The monoisotopic (exact) mass is 250 g/mol. The van der Waals surface area contributed by atoms with Crippen LogP contribution in [0, 0.1) is 17.8 Å². The van der Waals surface area contributed by atoms with Crippen LogP contribution in [0.5, 0.6) is 0 Å². The molecule has 0 unspecified atom stereocenters. The molecule has 3 rings (SSSR count). The maximum absolute atomic E-state index is 6.27. The minimum atomic E-state index is 0.428. The Balaban J connectivity index is 1.65. The number of likely N-dealkylation sites (tertiary alicyclic amines) is 1. The molecule has 2 N–H and O–H groups in total. The van der Waals surface area contributed by atoms with Crippen molar-refractivity contribution in [2.24, 2.45) is 23.5 Å². The van der Waals surface area contributed by atoms with Crippen LogP contribution in [0.3, 0.4) is 0 Å². The number of hydrogen-bond donors (Lipinski definition) is 1. The molecule has 2 nitrogen and oxygen atoms in total. The van der Waals surface area contributed by atoms with Crippen molar-refractivity contribution >= 4 is 0 Å². The summed E-state index contributed by atoms with van der Waals surface area (Å²) in [7, 11) is 0. The summed E-state index contributed by atoms with van der Waals surface area (Å²) < 4.78 is 0. The maximum atomic E-state index is 6.27. The van der Waals surface area contributed by atoms with E-state index in [0.717, 1.165) is 24.3 Å². The molecule has 0 bridgehead atoms. The minimum absolute atomic E-state index is 0.428. The maximum Gasteiger partial charge on any atom is 0.0387 e. The molecule has 0 amide bonds. The molecule has 0 aromatic carbocycles. The Morgan fingerprint density at radius 1 is 1.00 bits per heavy atom. The molecule has 18 heavy (non-hydrogen) atoms. The standard InChI is InChI=1S/C16H30N2/c1-2-3-13-8-10-18(11-9-13)16(12-17,14-4-5-14)15-6-7-15/h13-15H,2-12,17H2,1H3. The third-order valence-corrected chi connectivity index (χ3v) is 5.80. The van der Waals surface area contributed by atoms with Gasteiger partial charge < -0.3 is 5.73 Å². The molecule has 0 spiro atoms. The van der Waals surface area contributed by atoms with Gasteiger partial charge in [0.15, 0.2) is 0 Å². The van der Waals surface area contributed by atoms with Gasteiger partial charge in [-0.2, -0.15) is 0 Å². The molecule has 104 valence electrons. The molecular weight excluding hydrogens is 220 g/mol. The van der Waals surface area contributed by atoms with Gasteiger partial charge in [-0.1, -0.05) is 19.8 Å². The van der Waals surface area contributed by atoms with Gasteiger partial charge in [0.25, 0.3) is 0 Å². The van der Waals surface area contributed by atoms with Crippen LogP contribution in [0.4, 0.5) is 0 Å².